The molecule has 0 unspecified atom stereocenters. The summed E-state index contributed by atoms with van der Waals surface area (Å²) < 4.78 is 10.4. The Labute approximate surface area is 55.3 Å². The number of ether oxygens (including phenoxy) is 2. The van der Waals surface area contributed by atoms with Gasteiger partial charge in [-0.25, -0.2) is 0 Å². The van der Waals surface area contributed by atoms with Crippen LogP contribution in [0, 0.1) is 0 Å². The van der Waals surface area contributed by atoms with E-state index in [1.807, 2.05) is 7.05 Å². The van der Waals surface area contributed by atoms with Gasteiger partial charge in [-0.15, -0.1) is 0 Å². The van der Waals surface area contributed by atoms with E-state index in [0.29, 0.717) is 0 Å². The van der Waals surface area contributed by atoms with Gasteiger partial charge in [-0.05, 0) is 19.9 Å². The second-order valence-corrected chi connectivity index (χ2v) is 2.07. The van der Waals surface area contributed by atoms with E-state index in [9.17, 15) is 0 Å². The molecule has 3 nitrogen and oxygen atoms in total. The Morgan fingerprint density at radius 2 is 1.78 bits per heavy atom. The molecule has 0 spiro atoms. The van der Waals surface area contributed by atoms with Crippen molar-refractivity contribution in [3.63, 3.8) is 0 Å². The maximum Gasteiger partial charge on any atom is 0.215 e. The lowest BCUT2D eigenvalue weighted by molar-refractivity contribution is -0.141. The van der Waals surface area contributed by atoms with Crippen LogP contribution in [-0.2, 0) is 9.47 Å². The summed E-state index contributed by atoms with van der Waals surface area (Å²) >= 11 is 0. The minimum atomic E-state index is -0.174. The van der Waals surface area contributed by atoms with Crippen molar-refractivity contribution in [1.29, 1.82) is 0 Å². The van der Waals surface area contributed by atoms with Gasteiger partial charge in [-0.2, -0.15) is 0 Å². The van der Waals surface area contributed by atoms with Crippen LogP contribution in [0.25, 0.3) is 0 Å². The molecule has 1 saturated heterocycles. The van der Waals surface area contributed by atoms with E-state index in [-0.39, 0.29) is 6.41 Å². The summed E-state index contributed by atoms with van der Waals surface area (Å²) in [5, 5.41) is 2.90. The average molecular weight is 131 g/mol. The molecular weight excluding hydrogens is 118 g/mol. The van der Waals surface area contributed by atoms with Gasteiger partial charge < -0.3 is 9.47 Å². The highest BCUT2D eigenvalue weighted by Crippen LogP contribution is 2.01. The van der Waals surface area contributed by atoms with Gasteiger partial charge in [0.15, 0.2) is 0 Å². The lowest BCUT2D eigenvalue weighted by Crippen LogP contribution is -2.30. The van der Waals surface area contributed by atoms with Gasteiger partial charge in [-0.1, -0.05) is 0 Å². The molecule has 3 heteroatoms. The van der Waals surface area contributed by atoms with E-state index in [1.165, 1.54) is 0 Å². The van der Waals surface area contributed by atoms with E-state index in [2.05, 4.69) is 5.32 Å². The minimum Gasteiger partial charge on any atom is -0.340 e. The first kappa shape index (κ1) is 6.99. The summed E-state index contributed by atoms with van der Waals surface area (Å²) in [6, 6.07) is 0. The predicted molar refractivity (Wildman–Crippen MR) is 34.0 cm³/mol. The molecule has 0 aromatic rings. The van der Waals surface area contributed by atoms with Crippen LogP contribution >= 0.6 is 0 Å². The molecule has 0 atom stereocenters. The average Bonchev–Trinajstić information content (AvgIpc) is 2.13. The molecule has 0 amide bonds. The first-order valence-corrected chi connectivity index (χ1v) is 3.34. The SMILES string of the molecule is CNC1OCCCCO1. The Kier molecular flexibility index (Phi) is 2.97. The molecule has 0 aliphatic carbocycles. The fourth-order valence-electron chi connectivity index (χ4n) is 0.800. The lowest BCUT2D eigenvalue weighted by Gasteiger charge is -2.12. The van der Waals surface area contributed by atoms with Crippen molar-refractivity contribution in [1.82, 2.24) is 5.32 Å². The van der Waals surface area contributed by atoms with Crippen LogP contribution in [0.1, 0.15) is 12.8 Å². The van der Waals surface area contributed by atoms with Gasteiger partial charge in [0.25, 0.3) is 0 Å². The third kappa shape index (κ3) is 2.30. The van der Waals surface area contributed by atoms with Gasteiger partial charge in [0.05, 0.1) is 13.2 Å². The van der Waals surface area contributed by atoms with Crippen LogP contribution in [0.4, 0.5) is 0 Å². The van der Waals surface area contributed by atoms with Crippen molar-refractivity contribution in [2.75, 3.05) is 20.3 Å². The highest BCUT2D eigenvalue weighted by molar-refractivity contribution is 4.45. The van der Waals surface area contributed by atoms with Crippen LogP contribution in [0.3, 0.4) is 0 Å². The third-order valence-electron chi connectivity index (χ3n) is 1.31. The number of hydrogen-bond donors (Lipinski definition) is 1. The minimum absolute atomic E-state index is 0.174. The van der Waals surface area contributed by atoms with Crippen molar-refractivity contribution in [3.8, 4) is 0 Å². The van der Waals surface area contributed by atoms with Crippen LogP contribution in [0.5, 0.6) is 0 Å². The second kappa shape index (κ2) is 3.82. The number of rotatable bonds is 1. The zero-order valence-corrected chi connectivity index (χ0v) is 5.72. The van der Waals surface area contributed by atoms with Gasteiger partial charge >= 0.3 is 0 Å². The molecule has 0 bridgehead atoms. The Hall–Kier alpha value is -0.120. The smallest absolute Gasteiger partial charge is 0.215 e. The quantitative estimate of drug-likeness (QED) is 0.555. The summed E-state index contributed by atoms with van der Waals surface area (Å²) in [7, 11) is 1.83. The Balaban J connectivity index is 2.18. The third-order valence-corrected chi connectivity index (χ3v) is 1.31. The normalized spacial score (nSPS) is 23.7. The van der Waals surface area contributed by atoms with Crippen molar-refractivity contribution in [3.05, 3.63) is 0 Å². The molecular formula is C6H13NO2. The molecule has 1 aliphatic heterocycles. The largest absolute Gasteiger partial charge is 0.340 e. The van der Waals surface area contributed by atoms with E-state index >= 15 is 0 Å². The first-order valence-electron chi connectivity index (χ1n) is 3.34. The van der Waals surface area contributed by atoms with Crippen molar-refractivity contribution in [2.45, 2.75) is 19.3 Å². The van der Waals surface area contributed by atoms with Crippen molar-refractivity contribution >= 4 is 0 Å². The van der Waals surface area contributed by atoms with Crippen LogP contribution in [-0.4, -0.2) is 26.7 Å². The molecule has 0 aromatic heterocycles. The fourth-order valence-corrected chi connectivity index (χ4v) is 0.800. The molecule has 0 radical (unpaired) electrons. The molecule has 1 aliphatic rings. The molecule has 1 rings (SSSR count). The number of hydrogen-bond acceptors (Lipinski definition) is 3. The van der Waals surface area contributed by atoms with E-state index < -0.39 is 0 Å². The van der Waals surface area contributed by atoms with Gasteiger partial charge in [-0.3, -0.25) is 5.32 Å². The highest BCUT2D eigenvalue weighted by atomic mass is 16.7. The highest BCUT2D eigenvalue weighted by Gasteiger charge is 2.08. The monoisotopic (exact) mass is 131 g/mol. The molecule has 1 fully saturated rings. The summed E-state index contributed by atoms with van der Waals surface area (Å²) in [6.45, 7) is 1.62. The zero-order chi connectivity index (χ0) is 6.53. The van der Waals surface area contributed by atoms with Crippen LogP contribution in [0.2, 0.25) is 0 Å². The predicted octanol–water partition coefficient (Wildman–Crippen LogP) is 0.316. The first-order chi connectivity index (χ1) is 4.43. The summed E-state index contributed by atoms with van der Waals surface area (Å²) in [4.78, 5) is 0. The van der Waals surface area contributed by atoms with Crippen LogP contribution < -0.4 is 5.32 Å². The fraction of sp³-hybridized carbons (Fsp3) is 1.00. The molecule has 1 N–H and O–H groups in total. The van der Waals surface area contributed by atoms with E-state index in [1.54, 1.807) is 0 Å². The lowest BCUT2D eigenvalue weighted by atomic mass is 10.3. The molecule has 1 heterocycles. The Bertz CT molecular complexity index is 69.5. The molecule has 9 heavy (non-hydrogen) atoms. The topological polar surface area (TPSA) is 30.5 Å². The standard InChI is InChI=1S/C6H13NO2/c1-7-6-8-4-2-3-5-9-6/h6-7H,2-5H2,1H3. The molecule has 0 aromatic carbocycles. The van der Waals surface area contributed by atoms with Crippen LogP contribution in [0.15, 0.2) is 0 Å². The summed E-state index contributed by atoms with van der Waals surface area (Å²) in [6.07, 6.45) is 2.04. The molecule has 0 saturated carbocycles. The van der Waals surface area contributed by atoms with E-state index in [0.717, 1.165) is 26.1 Å². The Morgan fingerprint density at radius 3 is 2.22 bits per heavy atom. The summed E-state index contributed by atoms with van der Waals surface area (Å²) in [5.74, 6) is 0. The number of nitrogens with one attached hydrogen (secondary N) is 1. The van der Waals surface area contributed by atoms with Gasteiger partial charge in [0.2, 0.25) is 6.41 Å². The van der Waals surface area contributed by atoms with Gasteiger partial charge in [0, 0.05) is 0 Å². The maximum atomic E-state index is 5.22. The maximum absolute atomic E-state index is 5.22. The molecule has 54 valence electrons. The summed E-state index contributed by atoms with van der Waals surface area (Å²) in [5.41, 5.74) is 0. The zero-order valence-electron chi connectivity index (χ0n) is 5.72. The van der Waals surface area contributed by atoms with Crippen molar-refractivity contribution in [2.24, 2.45) is 0 Å². The van der Waals surface area contributed by atoms with Crippen molar-refractivity contribution < 1.29 is 9.47 Å². The van der Waals surface area contributed by atoms with Gasteiger partial charge in [0.1, 0.15) is 0 Å². The Morgan fingerprint density at radius 1 is 1.22 bits per heavy atom. The van der Waals surface area contributed by atoms with E-state index in [4.69, 9.17) is 9.47 Å². The second-order valence-electron chi connectivity index (χ2n) is 2.07.